The average Bonchev–Trinajstić information content (AvgIpc) is 3.70. The number of rotatable bonds is 14. The largest absolute Gasteiger partial charge is 0.469 e. The van der Waals surface area contributed by atoms with E-state index in [1.54, 1.807) is 17.0 Å². The number of esters is 1. The number of piperidine rings is 1. The maximum absolute atomic E-state index is 14.6. The molecule has 0 radical (unpaired) electrons. The third kappa shape index (κ3) is 8.55. The summed E-state index contributed by atoms with van der Waals surface area (Å²) in [4.78, 5) is 33.8. The van der Waals surface area contributed by atoms with Crippen molar-refractivity contribution >= 4 is 27.6 Å². The molecular formula is C46H53N5O5S. The second-order valence-electron chi connectivity index (χ2n) is 15.7. The predicted molar refractivity (Wildman–Crippen MR) is 222 cm³/mol. The molecule has 2 aliphatic heterocycles. The first kappa shape index (κ1) is 40.0. The zero-order valence-corrected chi connectivity index (χ0v) is 33.8. The molecule has 4 unspecified atom stereocenters. The van der Waals surface area contributed by atoms with Crippen LogP contribution in [0.4, 0.5) is 5.69 Å². The first-order valence-electron chi connectivity index (χ1n) is 20.1. The number of para-hydroxylation sites is 1. The van der Waals surface area contributed by atoms with Gasteiger partial charge in [-0.2, -0.15) is 4.72 Å². The highest BCUT2D eigenvalue weighted by atomic mass is 32.2. The predicted octanol–water partition coefficient (Wildman–Crippen LogP) is 7.19. The fraction of sp³-hybridized carbons (Fsp3) is 0.370. The lowest BCUT2D eigenvalue weighted by atomic mass is 9.77. The van der Waals surface area contributed by atoms with Crippen LogP contribution in [0.2, 0.25) is 0 Å². The van der Waals surface area contributed by atoms with Gasteiger partial charge in [-0.25, -0.2) is 13.4 Å². The molecule has 1 aromatic heterocycles. The van der Waals surface area contributed by atoms with Crippen LogP contribution in [0.5, 0.6) is 0 Å². The van der Waals surface area contributed by atoms with Crippen LogP contribution in [0.15, 0.2) is 127 Å². The molecule has 3 heterocycles. The lowest BCUT2D eigenvalue weighted by Gasteiger charge is -2.40. The number of likely N-dealkylation sites (tertiary alicyclic amines) is 1. The first-order valence-corrected chi connectivity index (χ1v) is 21.5. The third-order valence-electron chi connectivity index (χ3n) is 11.6. The van der Waals surface area contributed by atoms with E-state index < -0.39 is 27.6 Å². The Balaban J connectivity index is 1.19. The van der Waals surface area contributed by atoms with Gasteiger partial charge in [0.05, 0.1) is 31.2 Å². The maximum atomic E-state index is 14.6. The monoisotopic (exact) mass is 787 g/mol. The van der Waals surface area contributed by atoms with Crippen molar-refractivity contribution in [3.8, 4) is 0 Å². The smallest absolute Gasteiger partial charge is 0.307 e. The van der Waals surface area contributed by atoms with E-state index in [1.165, 1.54) is 7.11 Å². The number of methoxy groups -OCH3 is 1. The number of fused-ring (bicyclic) bond motifs is 1. The van der Waals surface area contributed by atoms with Gasteiger partial charge in [0.15, 0.2) is 0 Å². The summed E-state index contributed by atoms with van der Waals surface area (Å²) in [6.07, 6.45) is 7.39. The summed E-state index contributed by atoms with van der Waals surface area (Å²) < 4.78 is 38.6. The van der Waals surface area contributed by atoms with Crippen molar-refractivity contribution in [1.29, 1.82) is 0 Å². The van der Waals surface area contributed by atoms with E-state index in [-0.39, 0.29) is 29.7 Å². The Morgan fingerprint density at radius 2 is 1.53 bits per heavy atom. The number of amides is 1. The second-order valence-corrected chi connectivity index (χ2v) is 17.4. The molecule has 7 rings (SSSR count). The Kier molecular flexibility index (Phi) is 12.3. The van der Waals surface area contributed by atoms with Crippen molar-refractivity contribution in [2.75, 3.05) is 25.5 Å². The average molecular weight is 788 g/mol. The minimum Gasteiger partial charge on any atom is -0.469 e. The summed E-state index contributed by atoms with van der Waals surface area (Å²) in [6.45, 7) is 5.34. The molecule has 57 heavy (non-hydrogen) atoms. The van der Waals surface area contributed by atoms with E-state index in [4.69, 9.17) is 9.72 Å². The Bertz CT molecular complexity index is 2150. The minimum absolute atomic E-state index is 0.0593. The highest BCUT2D eigenvalue weighted by molar-refractivity contribution is 7.89. The van der Waals surface area contributed by atoms with Gasteiger partial charge in [-0.15, -0.1) is 0 Å². The van der Waals surface area contributed by atoms with Gasteiger partial charge in [0.2, 0.25) is 15.9 Å². The van der Waals surface area contributed by atoms with E-state index in [9.17, 15) is 18.0 Å². The summed E-state index contributed by atoms with van der Waals surface area (Å²) in [5.41, 5.74) is 4.87. The second kappa shape index (κ2) is 17.5. The molecule has 10 nitrogen and oxygen atoms in total. The van der Waals surface area contributed by atoms with Crippen LogP contribution < -0.4 is 10.0 Å². The summed E-state index contributed by atoms with van der Waals surface area (Å²) in [5, 5.41) is 3.33. The van der Waals surface area contributed by atoms with E-state index in [1.807, 2.05) is 67.0 Å². The number of nitrogens with zero attached hydrogens (tertiary/aromatic N) is 3. The number of carbonyl (C=O) groups is 2. The van der Waals surface area contributed by atoms with E-state index in [0.717, 1.165) is 40.8 Å². The molecule has 0 bridgehead atoms. The van der Waals surface area contributed by atoms with Crippen molar-refractivity contribution in [3.05, 3.63) is 150 Å². The molecule has 0 saturated carbocycles. The standard InChI is InChI=1S/C46H53N5O5S/c1-33-25-26-51(40(28-33)29-43(52)56-3)45(53)41(49-57(54,55)42-24-13-15-35-27-34(2)30-47-44(35)42)23-14-22-39-31-50(32-48-39)46(36-16-7-4-8-17-36,37-18-9-5-10-19-37)38-20-11-6-12-21-38/h4-13,15-21,24,31-34,40-41,47,49H,14,22-23,25-30H2,1-3H3. The van der Waals surface area contributed by atoms with Crippen molar-refractivity contribution in [3.63, 3.8) is 0 Å². The van der Waals surface area contributed by atoms with Crippen LogP contribution in [0, 0.1) is 11.8 Å². The fourth-order valence-corrected chi connectivity index (χ4v) is 10.2. The zero-order valence-electron chi connectivity index (χ0n) is 33.0. The number of benzene rings is 4. The van der Waals surface area contributed by atoms with Crippen LogP contribution in [0.25, 0.3) is 0 Å². The molecule has 0 aliphatic carbocycles. The van der Waals surface area contributed by atoms with Crippen LogP contribution >= 0.6 is 0 Å². The molecule has 5 aromatic rings. The van der Waals surface area contributed by atoms with Crippen molar-refractivity contribution < 1.29 is 22.7 Å². The normalized spacial score (nSPS) is 18.9. The van der Waals surface area contributed by atoms with Gasteiger partial charge >= 0.3 is 5.97 Å². The SMILES string of the molecule is COC(=O)CC1CC(C)CCN1C(=O)C(CCCc1cn(C(c2ccccc2)(c2ccccc2)c2ccccc2)cn1)NS(=O)(=O)c1cccc2c1NCC(C)C2. The number of aryl methyl sites for hydroxylation is 1. The molecule has 1 fully saturated rings. The van der Waals surface area contributed by atoms with Crippen molar-refractivity contribution in [2.24, 2.45) is 11.8 Å². The van der Waals surface area contributed by atoms with E-state index in [2.05, 4.69) is 71.0 Å². The zero-order chi connectivity index (χ0) is 40.0. The number of nitrogens with one attached hydrogen (secondary N) is 2. The van der Waals surface area contributed by atoms with Crippen LogP contribution in [-0.2, 0) is 42.7 Å². The Labute approximate surface area is 336 Å². The van der Waals surface area contributed by atoms with Crippen LogP contribution in [0.3, 0.4) is 0 Å². The molecule has 1 amide bonds. The molecule has 4 atom stereocenters. The highest BCUT2D eigenvalue weighted by Gasteiger charge is 2.40. The van der Waals surface area contributed by atoms with Crippen LogP contribution in [-0.4, -0.2) is 67.0 Å². The highest BCUT2D eigenvalue weighted by Crippen LogP contribution is 2.41. The molecule has 2 aliphatic rings. The number of ether oxygens (including phenoxy) is 1. The van der Waals surface area contributed by atoms with Gasteiger partial charge in [-0.3, -0.25) is 9.59 Å². The van der Waals surface area contributed by atoms with Crippen LogP contribution in [0.1, 0.15) is 73.9 Å². The molecule has 298 valence electrons. The fourth-order valence-electron chi connectivity index (χ4n) is 8.74. The van der Waals surface area contributed by atoms with E-state index >= 15 is 0 Å². The number of imidazole rings is 1. The van der Waals surface area contributed by atoms with Crippen molar-refractivity contribution in [2.45, 2.75) is 81.3 Å². The third-order valence-corrected chi connectivity index (χ3v) is 13.1. The molecule has 2 N–H and O–H groups in total. The molecule has 4 aromatic carbocycles. The van der Waals surface area contributed by atoms with Gasteiger partial charge in [0.25, 0.3) is 0 Å². The number of sulfonamides is 1. The number of aromatic nitrogens is 2. The lowest BCUT2D eigenvalue weighted by Crippen LogP contribution is -2.54. The summed E-state index contributed by atoms with van der Waals surface area (Å²) in [6, 6.07) is 35.0. The number of hydrogen-bond donors (Lipinski definition) is 2. The lowest BCUT2D eigenvalue weighted by molar-refractivity contribution is -0.145. The Morgan fingerprint density at radius 1 is 0.895 bits per heavy atom. The summed E-state index contributed by atoms with van der Waals surface area (Å²) >= 11 is 0. The topological polar surface area (TPSA) is 123 Å². The maximum Gasteiger partial charge on any atom is 0.307 e. The number of carbonyl (C=O) groups excluding carboxylic acids is 2. The van der Waals surface area contributed by atoms with Gasteiger partial charge in [-0.05, 0) is 78.7 Å². The van der Waals surface area contributed by atoms with Gasteiger partial charge in [-0.1, -0.05) is 117 Å². The Morgan fingerprint density at radius 3 is 2.14 bits per heavy atom. The van der Waals surface area contributed by atoms with Gasteiger partial charge in [0, 0.05) is 25.3 Å². The minimum atomic E-state index is -4.13. The van der Waals surface area contributed by atoms with Crippen molar-refractivity contribution in [1.82, 2.24) is 19.2 Å². The number of hydrogen-bond acceptors (Lipinski definition) is 7. The summed E-state index contributed by atoms with van der Waals surface area (Å²) in [7, 11) is -2.79. The van der Waals surface area contributed by atoms with E-state index in [0.29, 0.717) is 49.9 Å². The molecule has 0 spiro atoms. The number of anilines is 1. The quantitative estimate of drug-likeness (QED) is 0.0903. The van der Waals surface area contributed by atoms with Gasteiger partial charge in [0.1, 0.15) is 16.5 Å². The molecular weight excluding hydrogens is 735 g/mol. The van der Waals surface area contributed by atoms with Gasteiger partial charge < -0.3 is 19.5 Å². The molecule has 11 heteroatoms. The Hall–Kier alpha value is -5.26. The summed E-state index contributed by atoms with van der Waals surface area (Å²) in [5.74, 6) is -0.0401. The first-order chi connectivity index (χ1) is 27.6. The molecule has 1 saturated heterocycles.